The molecule has 0 saturated carbocycles. The van der Waals surface area contributed by atoms with Gasteiger partial charge >= 0.3 is 5.97 Å². The molecule has 8 heteroatoms. The fourth-order valence-corrected chi connectivity index (χ4v) is 1.47. The molecule has 0 aromatic heterocycles. The quantitative estimate of drug-likeness (QED) is 0.523. The van der Waals surface area contributed by atoms with Gasteiger partial charge in [-0.25, -0.2) is 8.42 Å². The number of thiocarbonyl (C=S) groups is 1. The first kappa shape index (κ1) is 13.3. The van der Waals surface area contributed by atoms with Gasteiger partial charge in [-0.05, 0) is 19.1 Å². The molecule has 6 nitrogen and oxygen atoms in total. The number of hydrogen-bond acceptors (Lipinski definition) is 6. The molecule has 82 valence electrons. The second-order valence-corrected chi connectivity index (χ2v) is 4.38. The Morgan fingerprint density at radius 1 is 1.50 bits per heavy atom. The second-order valence-electron chi connectivity index (χ2n) is 2.08. The minimum Gasteiger partial charge on any atom is -0.475 e. The van der Waals surface area contributed by atoms with Gasteiger partial charge in [0.15, 0.2) is 0 Å². The van der Waals surface area contributed by atoms with Crippen LogP contribution in [0, 0.1) is 0 Å². The maximum atomic E-state index is 11.2. The van der Waals surface area contributed by atoms with E-state index >= 15 is 0 Å². The van der Waals surface area contributed by atoms with E-state index in [4.69, 9.17) is 0 Å². The lowest BCUT2D eigenvalue weighted by Gasteiger charge is -2.06. The third-order valence-electron chi connectivity index (χ3n) is 1.12. The molecule has 0 aliphatic carbocycles. The molecule has 0 aliphatic rings. The Hall–Kier alpha value is -0.730. The van der Waals surface area contributed by atoms with E-state index in [1.54, 1.807) is 6.92 Å². The molecule has 0 heterocycles. The predicted molar refractivity (Wildman–Crippen MR) is 53.2 cm³/mol. The second kappa shape index (κ2) is 5.89. The Balaban J connectivity index is 4.22. The van der Waals surface area contributed by atoms with Gasteiger partial charge in [0.25, 0.3) is 14.4 Å². The van der Waals surface area contributed by atoms with Crippen LogP contribution in [0.3, 0.4) is 0 Å². The van der Waals surface area contributed by atoms with Crippen LogP contribution in [-0.4, -0.2) is 39.0 Å². The molecule has 1 N–H and O–H groups in total. The molecule has 0 radical (unpaired) electrons. The molecule has 0 saturated heterocycles. The van der Waals surface area contributed by atoms with E-state index in [2.05, 4.69) is 21.7 Å². The van der Waals surface area contributed by atoms with Crippen LogP contribution in [0.4, 0.5) is 0 Å². The van der Waals surface area contributed by atoms with Gasteiger partial charge in [-0.2, -0.15) is 4.72 Å². The fourth-order valence-electron chi connectivity index (χ4n) is 0.480. The van der Waals surface area contributed by atoms with Crippen LogP contribution in [0.15, 0.2) is 0 Å². The zero-order valence-corrected chi connectivity index (χ0v) is 9.40. The van der Waals surface area contributed by atoms with Crippen LogP contribution >= 0.6 is 12.2 Å². The van der Waals surface area contributed by atoms with Crippen molar-refractivity contribution in [2.24, 2.45) is 0 Å². The van der Waals surface area contributed by atoms with Crippen molar-refractivity contribution in [1.29, 1.82) is 0 Å². The Labute approximate surface area is 87.6 Å². The number of methoxy groups -OCH3 is 1. The SMILES string of the molecule is CCOC(=S)S(=O)(=O)NCC(=O)OC. The maximum Gasteiger partial charge on any atom is 0.320 e. The Morgan fingerprint density at radius 3 is 2.50 bits per heavy atom. The van der Waals surface area contributed by atoms with Crippen LogP contribution in [0.5, 0.6) is 0 Å². The molecule has 0 rings (SSSR count). The standard InChI is InChI=1S/C6H11NO5S2/c1-3-12-6(13)14(9,10)7-4-5(8)11-2/h7H,3-4H2,1-2H3. The summed E-state index contributed by atoms with van der Waals surface area (Å²) in [6, 6.07) is 0. The van der Waals surface area contributed by atoms with Gasteiger partial charge in [0.1, 0.15) is 6.54 Å². The molecular formula is C6H11NO5S2. The van der Waals surface area contributed by atoms with Crippen LogP contribution in [0.25, 0.3) is 0 Å². The van der Waals surface area contributed by atoms with Crippen molar-refractivity contribution in [2.75, 3.05) is 20.3 Å². The van der Waals surface area contributed by atoms with Gasteiger partial charge < -0.3 is 9.47 Å². The van der Waals surface area contributed by atoms with Gasteiger partial charge in [0, 0.05) is 0 Å². The van der Waals surface area contributed by atoms with Gasteiger partial charge in [0.2, 0.25) is 0 Å². The molecular weight excluding hydrogens is 230 g/mol. The van der Waals surface area contributed by atoms with Crippen molar-refractivity contribution in [2.45, 2.75) is 6.92 Å². The van der Waals surface area contributed by atoms with Crippen molar-refractivity contribution >= 4 is 32.6 Å². The average Bonchev–Trinajstić information content (AvgIpc) is 2.14. The number of nitrogens with one attached hydrogen (secondary N) is 1. The summed E-state index contributed by atoms with van der Waals surface area (Å²) in [5, 5.41) is 0. The van der Waals surface area contributed by atoms with Crippen molar-refractivity contribution in [3.05, 3.63) is 0 Å². The van der Waals surface area contributed by atoms with E-state index in [0.717, 1.165) is 7.11 Å². The number of carbonyl (C=O) groups excluding carboxylic acids is 1. The fraction of sp³-hybridized carbons (Fsp3) is 0.667. The summed E-state index contributed by atoms with van der Waals surface area (Å²) in [6.45, 7) is 1.28. The molecule has 0 unspecified atom stereocenters. The van der Waals surface area contributed by atoms with Crippen LogP contribution < -0.4 is 4.72 Å². The van der Waals surface area contributed by atoms with Crippen LogP contribution in [-0.2, 0) is 24.3 Å². The lowest BCUT2D eigenvalue weighted by Crippen LogP contribution is -2.35. The third-order valence-corrected chi connectivity index (χ3v) is 2.97. The summed E-state index contributed by atoms with van der Waals surface area (Å²) in [5.41, 5.74) is 0. The van der Waals surface area contributed by atoms with Crippen LogP contribution in [0.1, 0.15) is 6.92 Å². The highest BCUT2D eigenvalue weighted by Crippen LogP contribution is 1.92. The van der Waals surface area contributed by atoms with Crippen molar-refractivity contribution < 1.29 is 22.7 Å². The van der Waals surface area contributed by atoms with E-state index in [0.29, 0.717) is 0 Å². The van der Waals surface area contributed by atoms with E-state index in [-0.39, 0.29) is 6.61 Å². The third kappa shape index (κ3) is 4.49. The number of ether oxygens (including phenoxy) is 2. The average molecular weight is 241 g/mol. The summed E-state index contributed by atoms with van der Waals surface area (Å²) in [7, 11) is -2.72. The first-order valence-corrected chi connectivity index (χ1v) is 5.56. The highest BCUT2D eigenvalue weighted by atomic mass is 32.2. The van der Waals surface area contributed by atoms with E-state index in [1.807, 2.05) is 4.72 Å². The Bertz CT molecular complexity index is 310. The minimum absolute atomic E-state index is 0.151. The zero-order chi connectivity index (χ0) is 11.2. The summed E-state index contributed by atoms with van der Waals surface area (Å²) < 4.78 is 32.5. The Morgan fingerprint density at radius 2 is 2.07 bits per heavy atom. The molecule has 0 bridgehead atoms. The highest BCUT2D eigenvalue weighted by molar-refractivity contribution is 8.15. The van der Waals surface area contributed by atoms with Gasteiger partial charge in [-0.3, -0.25) is 4.79 Å². The molecule has 0 atom stereocenters. The van der Waals surface area contributed by atoms with Crippen LogP contribution in [0.2, 0.25) is 0 Å². The van der Waals surface area contributed by atoms with E-state index in [9.17, 15) is 13.2 Å². The molecule has 0 aromatic carbocycles. The monoisotopic (exact) mass is 241 g/mol. The zero-order valence-electron chi connectivity index (χ0n) is 7.77. The minimum atomic E-state index is -3.87. The van der Waals surface area contributed by atoms with E-state index < -0.39 is 26.9 Å². The molecule has 0 amide bonds. The van der Waals surface area contributed by atoms with Crippen molar-refractivity contribution in [3.8, 4) is 0 Å². The van der Waals surface area contributed by atoms with E-state index in [1.165, 1.54) is 0 Å². The molecule has 0 aromatic rings. The van der Waals surface area contributed by atoms with Gasteiger partial charge in [0.05, 0.1) is 13.7 Å². The molecule has 0 aliphatic heterocycles. The van der Waals surface area contributed by atoms with Gasteiger partial charge in [-0.1, -0.05) is 0 Å². The highest BCUT2D eigenvalue weighted by Gasteiger charge is 2.19. The number of sulfonamides is 1. The molecule has 14 heavy (non-hydrogen) atoms. The largest absolute Gasteiger partial charge is 0.475 e. The Kier molecular flexibility index (Phi) is 5.58. The van der Waals surface area contributed by atoms with Gasteiger partial charge in [-0.15, -0.1) is 0 Å². The lowest BCUT2D eigenvalue weighted by atomic mass is 10.7. The smallest absolute Gasteiger partial charge is 0.320 e. The lowest BCUT2D eigenvalue weighted by molar-refractivity contribution is -0.139. The summed E-state index contributed by atoms with van der Waals surface area (Å²) in [6.07, 6.45) is 0. The predicted octanol–water partition coefficient (Wildman–Crippen LogP) is -0.600. The first-order chi connectivity index (χ1) is 6.44. The number of carbonyl (C=O) groups is 1. The number of hydrogen-bond donors (Lipinski definition) is 1. The summed E-state index contributed by atoms with van der Waals surface area (Å²) >= 11 is 4.45. The molecule has 0 fully saturated rings. The summed E-state index contributed by atoms with van der Waals surface area (Å²) in [5.74, 6) is -0.701. The van der Waals surface area contributed by atoms with Crippen molar-refractivity contribution in [3.63, 3.8) is 0 Å². The number of esters is 1. The normalized spacial score (nSPS) is 10.7. The summed E-state index contributed by atoms with van der Waals surface area (Å²) in [4.78, 5) is 10.6. The molecule has 0 spiro atoms. The first-order valence-electron chi connectivity index (χ1n) is 3.67. The maximum absolute atomic E-state index is 11.2. The van der Waals surface area contributed by atoms with Crippen molar-refractivity contribution in [1.82, 2.24) is 4.72 Å². The number of rotatable bonds is 4. The topological polar surface area (TPSA) is 81.7 Å².